The summed E-state index contributed by atoms with van der Waals surface area (Å²) in [6.45, 7) is 5.33. The second kappa shape index (κ2) is 7.56. The summed E-state index contributed by atoms with van der Waals surface area (Å²) in [5.41, 5.74) is 0.934. The van der Waals surface area contributed by atoms with Crippen molar-refractivity contribution < 1.29 is 13.6 Å². The fourth-order valence-corrected chi connectivity index (χ4v) is 4.30. The van der Waals surface area contributed by atoms with Gasteiger partial charge in [-0.15, -0.1) is 10.2 Å². The minimum absolute atomic E-state index is 0.0679. The Kier molecular flexibility index (Phi) is 4.29. The van der Waals surface area contributed by atoms with Gasteiger partial charge in [-0.3, -0.25) is 4.68 Å². The second-order valence-electron chi connectivity index (χ2n) is 9.16. The Labute approximate surface area is 185 Å². The lowest BCUT2D eigenvalue weighted by molar-refractivity contribution is 0.0654. The highest BCUT2D eigenvalue weighted by atomic mass is 19.1. The van der Waals surface area contributed by atoms with Gasteiger partial charge in [-0.1, -0.05) is 6.07 Å². The largest absolute Gasteiger partial charge is 0.507 e. The quantitative estimate of drug-likeness (QED) is 0.586. The van der Waals surface area contributed by atoms with E-state index in [1.807, 2.05) is 27.7 Å². The van der Waals surface area contributed by atoms with Gasteiger partial charge < -0.3 is 15.7 Å². The van der Waals surface area contributed by atoms with Gasteiger partial charge in [-0.25, -0.2) is 9.37 Å². The van der Waals surface area contributed by atoms with Crippen LogP contribution in [0.5, 0.6) is 5.75 Å². The fraction of sp³-hybridized carbons (Fsp3) is 0.455. The van der Waals surface area contributed by atoms with Gasteiger partial charge in [-0.2, -0.15) is 5.10 Å². The van der Waals surface area contributed by atoms with Crippen LogP contribution in [0, 0.1) is 0 Å². The number of nitrogens with zero attached hydrogens (tertiary/aromatic N) is 5. The van der Waals surface area contributed by atoms with Crippen molar-refractivity contribution >= 4 is 5.95 Å². The smallest absolute Gasteiger partial charge is 0.243 e. The Morgan fingerprint density at radius 1 is 1.23 bits per heavy atom. The highest BCUT2D eigenvalue weighted by molar-refractivity contribution is 5.73. The third-order valence-electron chi connectivity index (χ3n) is 5.50. The summed E-state index contributed by atoms with van der Waals surface area (Å²) in [6.07, 6.45) is 3.66. The van der Waals surface area contributed by atoms with Gasteiger partial charge in [-0.05, 0) is 51.8 Å². The van der Waals surface area contributed by atoms with E-state index >= 15 is 4.39 Å². The van der Waals surface area contributed by atoms with E-state index in [0.717, 1.165) is 4.68 Å². The van der Waals surface area contributed by atoms with Gasteiger partial charge in [0, 0.05) is 39.5 Å². The minimum atomic E-state index is -2.38. The average Bonchev–Trinajstić information content (AvgIpc) is 3.22. The molecule has 9 heteroatoms. The van der Waals surface area contributed by atoms with E-state index in [2.05, 4.69) is 30.9 Å². The molecule has 3 heterocycles. The predicted octanol–water partition coefficient (Wildman–Crippen LogP) is 3.31. The predicted molar refractivity (Wildman–Crippen MR) is 117 cm³/mol. The molecule has 0 radical (unpaired) electrons. The van der Waals surface area contributed by atoms with Gasteiger partial charge in [0.05, 0.1) is 18.4 Å². The number of halogens is 1. The first-order valence-corrected chi connectivity index (χ1v) is 10.0. The maximum atomic E-state index is 15.0. The number of anilines is 1. The number of hydrogen-bond donors (Lipinski definition) is 3. The molecule has 0 saturated carbocycles. The van der Waals surface area contributed by atoms with Crippen LogP contribution in [0.15, 0.2) is 36.8 Å². The van der Waals surface area contributed by atoms with Crippen molar-refractivity contribution in [2.75, 3.05) is 5.32 Å². The standard InChI is InChI=1S/C22H28FN7O/c1-21(2)9-16(19(23)22(3,4)29-21)26-20-24-11-17(27-28-20)15-7-6-13(8-18(15)31)14-10-25-30(5)12-14/h6-8,10-12,16,19,29,31H,9H2,1-5H3,(H,24,26,28)/t16?,19-/m0/s1/i5D3. The number of hydrogen-bond acceptors (Lipinski definition) is 7. The molecule has 0 bridgehead atoms. The van der Waals surface area contributed by atoms with Gasteiger partial charge in [0.15, 0.2) is 0 Å². The monoisotopic (exact) mass is 428 g/mol. The van der Waals surface area contributed by atoms with Crippen molar-refractivity contribution in [3.63, 3.8) is 0 Å². The maximum Gasteiger partial charge on any atom is 0.243 e. The van der Waals surface area contributed by atoms with Crippen LogP contribution in [-0.4, -0.2) is 53.4 Å². The summed E-state index contributed by atoms with van der Waals surface area (Å²) in [5.74, 6) is 0.139. The van der Waals surface area contributed by atoms with Crippen LogP contribution >= 0.6 is 0 Å². The molecule has 31 heavy (non-hydrogen) atoms. The van der Waals surface area contributed by atoms with Crippen molar-refractivity contribution in [2.45, 2.75) is 57.4 Å². The van der Waals surface area contributed by atoms with E-state index in [1.54, 1.807) is 12.1 Å². The number of benzene rings is 1. The van der Waals surface area contributed by atoms with Crippen LogP contribution in [0.1, 0.15) is 38.2 Å². The van der Waals surface area contributed by atoms with Crippen LogP contribution in [0.25, 0.3) is 22.4 Å². The fourth-order valence-electron chi connectivity index (χ4n) is 4.30. The molecule has 1 fully saturated rings. The SMILES string of the molecule is [2H]C([2H])([2H])n1cc(-c2ccc(-c3cnc(NC4CC(C)(C)NC(C)(C)[C@H]4F)nn3)c(O)c2)cn1. The second-order valence-corrected chi connectivity index (χ2v) is 9.16. The van der Waals surface area contributed by atoms with E-state index in [-0.39, 0.29) is 17.2 Å². The van der Waals surface area contributed by atoms with Crippen LogP contribution in [0.4, 0.5) is 10.3 Å². The Morgan fingerprint density at radius 2 is 2.03 bits per heavy atom. The normalized spacial score (nSPS) is 24.1. The number of aromatic hydroxyl groups is 1. The number of phenolic OH excluding ortho intramolecular Hbond substituents is 1. The van der Waals surface area contributed by atoms with E-state index in [1.165, 1.54) is 24.7 Å². The number of piperidine rings is 1. The molecular weight excluding hydrogens is 397 g/mol. The summed E-state index contributed by atoms with van der Waals surface area (Å²) >= 11 is 0. The zero-order chi connectivity index (χ0) is 24.9. The summed E-state index contributed by atoms with van der Waals surface area (Å²) in [4.78, 5) is 4.27. The number of phenols is 1. The van der Waals surface area contributed by atoms with Crippen molar-refractivity contribution in [3.8, 4) is 28.1 Å². The molecule has 3 N–H and O–H groups in total. The molecule has 4 rings (SSSR count). The lowest BCUT2D eigenvalue weighted by atomic mass is 9.78. The number of aryl methyl sites for hydroxylation is 1. The average molecular weight is 429 g/mol. The molecule has 164 valence electrons. The first-order valence-electron chi connectivity index (χ1n) is 11.5. The van der Waals surface area contributed by atoms with Crippen molar-refractivity contribution in [1.29, 1.82) is 0 Å². The number of rotatable bonds is 4. The number of alkyl halides is 1. The van der Waals surface area contributed by atoms with Gasteiger partial charge in [0.1, 0.15) is 17.6 Å². The molecule has 1 saturated heterocycles. The lowest BCUT2D eigenvalue weighted by Crippen LogP contribution is -2.67. The molecule has 1 unspecified atom stereocenters. The van der Waals surface area contributed by atoms with Crippen molar-refractivity contribution in [1.82, 2.24) is 30.3 Å². The topological polar surface area (TPSA) is 101 Å². The molecule has 0 amide bonds. The molecule has 8 nitrogen and oxygen atoms in total. The highest BCUT2D eigenvalue weighted by Crippen LogP contribution is 2.34. The number of aromatic nitrogens is 5. The molecule has 0 spiro atoms. The molecule has 2 atom stereocenters. The molecule has 1 aliphatic rings. The Bertz CT molecular complexity index is 1180. The Balaban J connectivity index is 1.51. The Morgan fingerprint density at radius 3 is 2.68 bits per heavy atom. The third kappa shape index (κ3) is 4.36. The van der Waals surface area contributed by atoms with Crippen LogP contribution in [0.3, 0.4) is 0 Å². The molecule has 1 aromatic carbocycles. The van der Waals surface area contributed by atoms with E-state index < -0.39 is 24.7 Å². The summed E-state index contributed by atoms with van der Waals surface area (Å²) < 4.78 is 38.2. The molecular formula is C22H28FN7O. The first kappa shape index (κ1) is 17.6. The summed E-state index contributed by atoms with van der Waals surface area (Å²) in [7, 11) is 0. The first-order chi connectivity index (χ1) is 15.7. The molecule has 0 aliphatic carbocycles. The third-order valence-corrected chi connectivity index (χ3v) is 5.50. The zero-order valence-corrected chi connectivity index (χ0v) is 17.9. The van der Waals surface area contributed by atoms with Crippen LogP contribution in [0.2, 0.25) is 0 Å². The molecule has 1 aliphatic heterocycles. The van der Waals surface area contributed by atoms with Gasteiger partial charge in [0.2, 0.25) is 5.95 Å². The maximum absolute atomic E-state index is 15.0. The minimum Gasteiger partial charge on any atom is -0.507 e. The number of nitrogens with one attached hydrogen (secondary N) is 2. The molecule has 2 aromatic heterocycles. The van der Waals surface area contributed by atoms with E-state index in [0.29, 0.717) is 28.8 Å². The van der Waals surface area contributed by atoms with Crippen molar-refractivity contribution in [2.24, 2.45) is 6.98 Å². The molecule has 3 aromatic rings. The highest BCUT2D eigenvalue weighted by Gasteiger charge is 2.46. The van der Waals surface area contributed by atoms with E-state index in [4.69, 9.17) is 4.11 Å². The van der Waals surface area contributed by atoms with Gasteiger partial charge >= 0.3 is 0 Å². The van der Waals surface area contributed by atoms with Gasteiger partial charge in [0.25, 0.3) is 0 Å². The van der Waals surface area contributed by atoms with Crippen LogP contribution < -0.4 is 10.6 Å². The summed E-state index contributed by atoms with van der Waals surface area (Å²) in [5, 5.41) is 29.0. The zero-order valence-electron chi connectivity index (χ0n) is 20.9. The Hall–Kier alpha value is -3.07. The summed E-state index contributed by atoms with van der Waals surface area (Å²) in [6, 6.07) is 4.38. The van der Waals surface area contributed by atoms with E-state index in [9.17, 15) is 5.11 Å². The lowest BCUT2D eigenvalue weighted by Gasteiger charge is -2.48. The van der Waals surface area contributed by atoms with Crippen molar-refractivity contribution in [3.05, 3.63) is 36.8 Å². The van der Waals surface area contributed by atoms with Crippen LogP contribution in [-0.2, 0) is 6.98 Å².